The Morgan fingerprint density at radius 3 is 2.79 bits per heavy atom. The SMILES string of the molecule is C=CCNC(=O)c1sc(NC(C)C)c(C2CC2)c1N. The summed E-state index contributed by atoms with van der Waals surface area (Å²) in [6.45, 7) is 8.23. The fourth-order valence-electron chi connectivity index (χ4n) is 2.02. The van der Waals surface area contributed by atoms with Gasteiger partial charge in [-0.05, 0) is 32.6 Å². The molecule has 1 aliphatic carbocycles. The summed E-state index contributed by atoms with van der Waals surface area (Å²) in [7, 11) is 0. The Morgan fingerprint density at radius 1 is 1.58 bits per heavy atom. The summed E-state index contributed by atoms with van der Waals surface area (Å²) in [6.07, 6.45) is 4.00. The van der Waals surface area contributed by atoms with Crippen LogP contribution in [0.15, 0.2) is 12.7 Å². The number of anilines is 2. The third-order valence-electron chi connectivity index (χ3n) is 3.00. The highest BCUT2D eigenvalue weighted by Crippen LogP contribution is 2.50. The third-order valence-corrected chi connectivity index (χ3v) is 4.15. The molecule has 1 aromatic rings. The summed E-state index contributed by atoms with van der Waals surface area (Å²) >= 11 is 1.46. The standard InChI is InChI=1S/C14H21N3OS/c1-4-7-16-13(18)12-11(15)10(9-5-6-9)14(19-12)17-8(2)3/h4,8-9,17H,1,5-7,15H2,2-3H3,(H,16,18). The van der Waals surface area contributed by atoms with Crippen molar-refractivity contribution in [3.63, 3.8) is 0 Å². The Kier molecular flexibility index (Phi) is 4.14. The molecule has 0 aliphatic heterocycles. The van der Waals surface area contributed by atoms with Crippen molar-refractivity contribution >= 4 is 27.9 Å². The van der Waals surface area contributed by atoms with Crippen molar-refractivity contribution in [2.24, 2.45) is 0 Å². The molecule has 0 radical (unpaired) electrons. The predicted octanol–water partition coefficient (Wildman–Crippen LogP) is 2.94. The molecular formula is C14H21N3OS. The van der Waals surface area contributed by atoms with Gasteiger partial charge in [0, 0.05) is 18.2 Å². The lowest BCUT2D eigenvalue weighted by atomic mass is 10.1. The van der Waals surface area contributed by atoms with Gasteiger partial charge in [-0.1, -0.05) is 6.08 Å². The summed E-state index contributed by atoms with van der Waals surface area (Å²) in [5, 5.41) is 7.25. The van der Waals surface area contributed by atoms with Gasteiger partial charge >= 0.3 is 0 Å². The van der Waals surface area contributed by atoms with E-state index in [4.69, 9.17) is 5.73 Å². The number of nitrogen functional groups attached to an aromatic ring is 1. The highest BCUT2D eigenvalue weighted by Gasteiger charge is 2.32. The maximum atomic E-state index is 12.1. The minimum atomic E-state index is -0.110. The van der Waals surface area contributed by atoms with Gasteiger partial charge in [-0.3, -0.25) is 4.79 Å². The lowest BCUT2D eigenvalue weighted by Crippen LogP contribution is -2.23. The van der Waals surface area contributed by atoms with E-state index in [2.05, 4.69) is 31.1 Å². The molecule has 104 valence electrons. The smallest absolute Gasteiger partial charge is 0.263 e. The van der Waals surface area contributed by atoms with Crippen LogP contribution in [0.5, 0.6) is 0 Å². The largest absolute Gasteiger partial charge is 0.397 e. The highest BCUT2D eigenvalue weighted by molar-refractivity contribution is 7.18. The lowest BCUT2D eigenvalue weighted by molar-refractivity contribution is 0.0963. The molecule has 1 saturated carbocycles. The van der Waals surface area contributed by atoms with Crippen LogP contribution in [-0.2, 0) is 0 Å². The Morgan fingerprint density at radius 2 is 2.26 bits per heavy atom. The van der Waals surface area contributed by atoms with Gasteiger partial charge in [-0.25, -0.2) is 0 Å². The first-order valence-corrected chi connectivity index (χ1v) is 7.44. The first-order valence-electron chi connectivity index (χ1n) is 6.62. The Hall–Kier alpha value is -1.49. The maximum Gasteiger partial charge on any atom is 0.263 e. The average Bonchev–Trinajstić information content (AvgIpc) is 3.12. The van der Waals surface area contributed by atoms with Gasteiger partial charge in [-0.15, -0.1) is 17.9 Å². The van der Waals surface area contributed by atoms with Gasteiger partial charge < -0.3 is 16.4 Å². The van der Waals surface area contributed by atoms with E-state index in [1.54, 1.807) is 6.08 Å². The zero-order chi connectivity index (χ0) is 14.0. The Labute approximate surface area is 118 Å². The van der Waals surface area contributed by atoms with E-state index in [1.165, 1.54) is 24.2 Å². The van der Waals surface area contributed by atoms with Crippen LogP contribution < -0.4 is 16.4 Å². The molecule has 1 aliphatic rings. The van der Waals surface area contributed by atoms with Gasteiger partial charge in [0.05, 0.1) is 10.7 Å². The molecule has 1 heterocycles. The van der Waals surface area contributed by atoms with Crippen LogP contribution in [0.25, 0.3) is 0 Å². The van der Waals surface area contributed by atoms with Crippen LogP contribution >= 0.6 is 11.3 Å². The van der Waals surface area contributed by atoms with E-state index in [0.717, 1.165) is 10.6 Å². The monoisotopic (exact) mass is 279 g/mol. The number of hydrogen-bond donors (Lipinski definition) is 3. The van der Waals surface area contributed by atoms with E-state index < -0.39 is 0 Å². The third kappa shape index (κ3) is 3.10. The number of carbonyl (C=O) groups is 1. The molecule has 0 spiro atoms. The number of nitrogens with two attached hydrogens (primary N) is 1. The van der Waals surface area contributed by atoms with Crippen LogP contribution in [0.4, 0.5) is 10.7 Å². The van der Waals surface area contributed by atoms with E-state index in [0.29, 0.717) is 29.1 Å². The van der Waals surface area contributed by atoms with Gasteiger partial charge in [0.15, 0.2) is 0 Å². The molecule has 2 rings (SSSR count). The molecule has 1 amide bonds. The molecule has 4 N–H and O–H groups in total. The summed E-state index contributed by atoms with van der Waals surface area (Å²) in [5.74, 6) is 0.416. The molecule has 0 bridgehead atoms. The predicted molar refractivity (Wildman–Crippen MR) is 82.0 cm³/mol. The second-order valence-electron chi connectivity index (χ2n) is 5.16. The van der Waals surface area contributed by atoms with Crippen LogP contribution in [0, 0.1) is 0 Å². The first kappa shape index (κ1) is 13.9. The summed E-state index contributed by atoms with van der Waals surface area (Å²) in [5.41, 5.74) is 7.97. The zero-order valence-electron chi connectivity index (χ0n) is 11.5. The van der Waals surface area contributed by atoms with E-state index in [9.17, 15) is 4.79 Å². The quantitative estimate of drug-likeness (QED) is 0.701. The number of nitrogens with one attached hydrogen (secondary N) is 2. The number of rotatable bonds is 6. The molecule has 0 aromatic carbocycles. The van der Waals surface area contributed by atoms with Gasteiger partial charge in [0.2, 0.25) is 0 Å². The van der Waals surface area contributed by atoms with Crippen molar-refractivity contribution in [2.75, 3.05) is 17.6 Å². The second kappa shape index (κ2) is 5.65. The molecule has 0 saturated heterocycles. The molecule has 4 nitrogen and oxygen atoms in total. The first-order chi connectivity index (χ1) is 9.04. The molecule has 0 atom stereocenters. The number of amides is 1. The summed E-state index contributed by atoms with van der Waals surface area (Å²) in [4.78, 5) is 12.7. The van der Waals surface area contributed by atoms with E-state index in [1.807, 2.05) is 0 Å². The second-order valence-corrected chi connectivity index (χ2v) is 6.18. The minimum absolute atomic E-state index is 0.110. The Balaban J connectivity index is 2.28. The van der Waals surface area contributed by atoms with Gasteiger partial charge in [0.25, 0.3) is 5.91 Å². The number of hydrogen-bond acceptors (Lipinski definition) is 4. The maximum absolute atomic E-state index is 12.1. The number of thiophene rings is 1. The number of carbonyl (C=O) groups excluding carboxylic acids is 1. The fourth-order valence-corrected chi connectivity index (χ4v) is 3.29. The zero-order valence-corrected chi connectivity index (χ0v) is 12.3. The van der Waals surface area contributed by atoms with E-state index >= 15 is 0 Å². The fraction of sp³-hybridized carbons (Fsp3) is 0.500. The summed E-state index contributed by atoms with van der Waals surface area (Å²) < 4.78 is 0. The topological polar surface area (TPSA) is 67.2 Å². The van der Waals surface area contributed by atoms with Crippen molar-refractivity contribution in [1.82, 2.24) is 5.32 Å². The molecule has 1 aromatic heterocycles. The van der Waals surface area contributed by atoms with E-state index in [-0.39, 0.29) is 5.91 Å². The van der Waals surface area contributed by atoms with Crippen LogP contribution in [-0.4, -0.2) is 18.5 Å². The van der Waals surface area contributed by atoms with Crippen molar-refractivity contribution < 1.29 is 4.79 Å². The van der Waals surface area contributed by atoms with Gasteiger partial charge in [0.1, 0.15) is 4.88 Å². The lowest BCUT2D eigenvalue weighted by Gasteiger charge is -2.10. The average molecular weight is 279 g/mol. The normalized spacial score (nSPS) is 14.5. The molecular weight excluding hydrogens is 258 g/mol. The molecule has 19 heavy (non-hydrogen) atoms. The van der Waals surface area contributed by atoms with Crippen molar-refractivity contribution in [1.29, 1.82) is 0 Å². The molecule has 5 heteroatoms. The van der Waals surface area contributed by atoms with Crippen molar-refractivity contribution in [2.45, 2.75) is 38.6 Å². The van der Waals surface area contributed by atoms with Gasteiger partial charge in [-0.2, -0.15) is 0 Å². The molecule has 1 fully saturated rings. The van der Waals surface area contributed by atoms with Crippen molar-refractivity contribution in [3.05, 3.63) is 23.1 Å². The van der Waals surface area contributed by atoms with Crippen LogP contribution in [0.2, 0.25) is 0 Å². The van der Waals surface area contributed by atoms with Crippen LogP contribution in [0.1, 0.15) is 47.8 Å². The van der Waals surface area contributed by atoms with Crippen LogP contribution in [0.3, 0.4) is 0 Å². The summed E-state index contributed by atoms with van der Waals surface area (Å²) in [6, 6.07) is 0.333. The molecule has 0 unspecified atom stereocenters. The Bertz CT molecular complexity index is 489. The highest BCUT2D eigenvalue weighted by atomic mass is 32.1. The van der Waals surface area contributed by atoms with Crippen molar-refractivity contribution in [3.8, 4) is 0 Å². The minimum Gasteiger partial charge on any atom is -0.397 e.